The fourth-order valence-corrected chi connectivity index (χ4v) is 3.80. The Morgan fingerprint density at radius 3 is 2.95 bits per heavy atom. The number of hydrogen-bond donors (Lipinski definition) is 1. The second kappa shape index (κ2) is 5.30. The topological polar surface area (TPSA) is 66.6 Å². The number of piperidine rings is 1. The highest BCUT2D eigenvalue weighted by Gasteiger charge is 2.42. The van der Waals surface area contributed by atoms with E-state index in [2.05, 4.69) is 4.90 Å². The van der Waals surface area contributed by atoms with Gasteiger partial charge >= 0.3 is 0 Å². The molecule has 1 aromatic rings. The van der Waals surface area contributed by atoms with Gasteiger partial charge in [0, 0.05) is 36.3 Å². The summed E-state index contributed by atoms with van der Waals surface area (Å²) in [6.07, 6.45) is 5.01. The monoisotopic (exact) mass is 290 g/mol. The van der Waals surface area contributed by atoms with E-state index >= 15 is 0 Å². The van der Waals surface area contributed by atoms with Crippen molar-refractivity contribution in [3.63, 3.8) is 0 Å². The van der Waals surface area contributed by atoms with Crippen LogP contribution in [0.25, 0.3) is 0 Å². The molecule has 0 bridgehead atoms. The van der Waals surface area contributed by atoms with Crippen LogP contribution in [-0.4, -0.2) is 28.7 Å². The fraction of sp³-hybridized carbons (Fsp3) is 0.625. The first-order valence-corrected chi connectivity index (χ1v) is 7.72. The molecule has 0 spiro atoms. The highest BCUT2D eigenvalue weighted by Crippen LogP contribution is 2.41. The summed E-state index contributed by atoms with van der Waals surface area (Å²) in [5.41, 5.74) is 1.26. The maximum absolute atomic E-state index is 11.1. The SMILES string of the molecule is Cc1ccc(N2CCC3(O)CCCCC3C2)cc1[N+](=O)[O-]. The van der Waals surface area contributed by atoms with E-state index < -0.39 is 5.60 Å². The highest BCUT2D eigenvalue weighted by molar-refractivity contribution is 5.57. The van der Waals surface area contributed by atoms with Crippen LogP contribution in [-0.2, 0) is 0 Å². The highest BCUT2D eigenvalue weighted by atomic mass is 16.6. The molecule has 1 aromatic carbocycles. The lowest BCUT2D eigenvalue weighted by Crippen LogP contribution is -2.53. The molecule has 0 amide bonds. The van der Waals surface area contributed by atoms with Gasteiger partial charge in [-0.15, -0.1) is 0 Å². The molecule has 1 aliphatic heterocycles. The number of fused-ring (bicyclic) bond motifs is 1. The largest absolute Gasteiger partial charge is 0.389 e. The van der Waals surface area contributed by atoms with Gasteiger partial charge in [0.25, 0.3) is 5.69 Å². The van der Waals surface area contributed by atoms with Crippen molar-refractivity contribution in [2.24, 2.45) is 5.92 Å². The molecule has 5 heteroatoms. The van der Waals surface area contributed by atoms with Gasteiger partial charge in [-0.3, -0.25) is 10.1 Å². The summed E-state index contributed by atoms with van der Waals surface area (Å²) < 4.78 is 0. The van der Waals surface area contributed by atoms with Gasteiger partial charge in [-0.05, 0) is 32.3 Å². The number of nitrogens with zero attached hydrogens (tertiary/aromatic N) is 2. The van der Waals surface area contributed by atoms with Gasteiger partial charge in [-0.2, -0.15) is 0 Å². The van der Waals surface area contributed by atoms with E-state index in [1.807, 2.05) is 12.1 Å². The summed E-state index contributed by atoms with van der Waals surface area (Å²) in [6, 6.07) is 5.44. The zero-order valence-electron chi connectivity index (χ0n) is 12.4. The number of anilines is 1. The van der Waals surface area contributed by atoms with Gasteiger partial charge in [0.1, 0.15) is 0 Å². The number of rotatable bonds is 2. The summed E-state index contributed by atoms with van der Waals surface area (Å²) in [6.45, 7) is 3.34. The van der Waals surface area contributed by atoms with Crippen LogP contribution < -0.4 is 4.90 Å². The maximum Gasteiger partial charge on any atom is 0.274 e. The Kier molecular flexibility index (Phi) is 3.61. The van der Waals surface area contributed by atoms with Crippen molar-refractivity contribution in [2.45, 2.75) is 44.6 Å². The van der Waals surface area contributed by atoms with E-state index in [4.69, 9.17) is 0 Å². The molecule has 2 fully saturated rings. The molecule has 1 heterocycles. The molecule has 1 aliphatic carbocycles. The Morgan fingerprint density at radius 2 is 2.19 bits per heavy atom. The number of benzene rings is 1. The van der Waals surface area contributed by atoms with Crippen molar-refractivity contribution in [1.82, 2.24) is 0 Å². The Hall–Kier alpha value is -1.62. The van der Waals surface area contributed by atoms with Gasteiger partial charge in [0.2, 0.25) is 0 Å². The number of nitro benzene ring substituents is 1. The predicted molar refractivity (Wildman–Crippen MR) is 81.6 cm³/mol. The van der Waals surface area contributed by atoms with Crippen molar-refractivity contribution in [3.8, 4) is 0 Å². The van der Waals surface area contributed by atoms with Gasteiger partial charge < -0.3 is 10.0 Å². The van der Waals surface area contributed by atoms with Crippen LogP contribution in [0.1, 0.15) is 37.7 Å². The molecule has 0 radical (unpaired) electrons. The molecule has 2 aliphatic rings. The lowest BCUT2D eigenvalue weighted by atomic mass is 9.71. The van der Waals surface area contributed by atoms with Crippen molar-refractivity contribution in [2.75, 3.05) is 18.0 Å². The van der Waals surface area contributed by atoms with Gasteiger partial charge in [0.15, 0.2) is 0 Å². The van der Waals surface area contributed by atoms with Crippen LogP contribution in [0.2, 0.25) is 0 Å². The average Bonchev–Trinajstić information content (AvgIpc) is 2.46. The molecule has 1 saturated heterocycles. The predicted octanol–water partition coefficient (Wildman–Crippen LogP) is 3.03. The van der Waals surface area contributed by atoms with Gasteiger partial charge in [0.05, 0.1) is 10.5 Å². The normalized spacial score (nSPS) is 29.0. The van der Waals surface area contributed by atoms with E-state index in [1.165, 1.54) is 6.42 Å². The molecule has 3 rings (SSSR count). The van der Waals surface area contributed by atoms with Crippen LogP contribution in [0.5, 0.6) is 0 Å². The minimum absolute atomic E-state index is 0.178. The van der Waals surface area contributed by atoms with Crippen LogP contribution in [0.4, 0.5) is 11.4 Å². The molecule has 1 N–H and O–H groups in total. The van der Waals surface area contributed by atoms with Crippen LogP contribution in [0.3, 0.4) is 0 Å². The van der Waals surface area contributed by atoms with Crippen molar-refractivity contribution in [3.05, 3.63) is 33.9 Å². The summed E-state index contributed by atoms with van der Waals surface area (Å²) in [5.74, 6) is 0.292. The minimum Gasteiger partial charge on any atom is -0.389 e. The molecular weight excluding hydrogens is 268 g/mol. The number of hydrogen-bond acceptors (Lipinski definition) is 4. The number of aryl methyl sites for hydroxylation is 1. The molecule has 1 saturated carbocycles. The zero-order valence-corrected chi connectivity index (χ0v) is 12.4. The van der Waals surface area contributed by atoms with E-state index in [-0.39, 0.29) is 10.6 Å². The number of aliphatic hydroxyl groups is 1. The fourth-order valence-electron chi connectivity index (χ4n) is 3.80. The molecule has 5 nitrogen and oxygen atoms in total. The van der Waals surface area contributed by atoms with Crippen LogP contribution in [0, 0.1) is 23.0 Å². The molecular formula is C16H22N2O3. The Morgan fingerprint density at radius 1 is 1.38 bits per heavy atom. The lowest BCUT2D eigenvalue weighted by molar-refractivity contribution is -0.385. The van der Waals surface area contributed by atoms with Crippen molar-refractivity contribution >= 4 is 11.4 Å². The Bertz CT molecular complexity index is 560. The molecule has 21 heavy (non-hydrogen) atoms. The average molecular weight is 290 g/mol. The van der Waals surface area contributed by atoms with Crippen LogP contribution in [0.15, 0.2) is 18.2 Å². The Labute approximate surface area is 124 Å². The first-order valence-electron chi connectivity index (χ1n) is 7.72. The van der Waals surface area contributed by atoms with Crippen molar-refractivity contribution in [1.29, 1.82) is 0 Å². The number of nitro groups is 1. The van der Waals surface area contributed by atoms with E-state index in [0.29, 0.717) is 11.5 Å². The molecule has 114 valence electrons. The first-order chi connectivity index (χ1) is 9.99. The summed E-state index contributed by atoms with van der Waals surface area (Å²) in [4.78, 5) is 13.0. The molecule has 2 unspecified atom stereocenters. The van der Waals surface area contributed by atoms with E-state index in [0.717, 1.165) is 44.5 Å². The zero-order chi connectivity index (χ0) is 15.0. The van der Waals surface area contributed by atoms with E-state index in [9.17, 15) is 15.2 Å². The second-order valence-corrected chi connectivity index (χ2v) is 6.47. The second-order valence-electron chi connectivity index (χ2n) is 6.47. The molecule has 0 aromatic heterocycles. The minimum atomic E-state index is -0.509. The summed E-state index contributed by atoms with van der Waals surface area (Å²) in [5, 5.41) is 21.8. The lowest BCUT2D eigenvalue weighted by Gasteiger charge is -2.48. The summed E-state index contributed by atoms with van der Waals surface area (Å²) in [7, 11) is 0. The van der Waals surface area contributed by atoms with Crippen molar-refractivity contribution < 1.29 is 10.0 Å². The smallest absolute Gasteiger partial charge is 0.274 e. The van der Waals surface area contributed by atoms with E-state index in [1.54, 1.807) is 13.0 Å². The summed E-state index contributed by atoms with van der Waals surface area (Å²) >= 11 is 0. The first kappa shape index (κ1) is 14.3. The Balaban J connectivity index is 1.82. The third-order valence-corrected chi connectivity index (χ3v) is 5.18. The quantitative estimate of drug-likeness (QED) is 0.671. The standard InChI is InChI=1S/C16H22N2O3/c1-12-5-6-14(10-15(12)18(20)21)17-9-8-16(19)7-3-2-4-13(16)11-17/h5-6,10,13,19H,2-4,7-9,11H2,1H3. The maximum atomic E-state index is 11.1. The van der Waals surface area contributed by atoms with Gasteiger partial charge in [-0.1, -0.05) is 18.9 Å². The third kappa shape index (κ3) is 2.62. The molecule has 2 atom stereocenters. The van der Waals surface area contributed by atoms with Crippen LogP contribution >= 0.6 is 0 Å². The third-order valence-electron chi connectivity index (χ3n) is 5.18. The van der Waals surface area contributed by atoms with Gasteiger partial charge in [-0.25, -0.2) is 0 Å².